The molecule has 6 heteroatoms. The maximum absolute atomic E-state index is 12.4. The molecule has 0 saturated carbocycles. The fourth-order valence-electron chi connectivity index (χ4n) is 3.07. The number of hydrogen-bond acceptors (Lipinski definition) is 3. The zero-order valence-electron chi connectivity index (χ0n) is 15.2. The Morgan fingerprint density at radius 1 is 1.00 bits per heavy atom. The Hall–Kier alpha value is -1.59. The smallest absolute Gasteiger partial charge is 0.227 e. The number of piperazine rings is 1. The quantitative estimate of drug-likeness (QED) is 0.744. The van der Waals surface area contributed by atoms with E-state index in [1.54, 1.807) is 6.07 Å². The van der Waals surface area contributed by atoms with E-state index in [0.29, 0.717) is 44.0 Å². The summed E-state index contributed by atoms with van der Waals surface area (Å²) in [4.78, 5) is 30.7. The molecule has 2 amide bonds. The molecule has 1 fully saturated rings. The molecule has 0 unspecified atom stereocenters. The summed E-state index contributed by atoms with van der Waals surface area (Å²) in [6, 6.07) is 7.43. The van der Waals surface area contributed by atoms with Crippen LogP contribution < -0.4 is 0 Å². The first kappa shape index (κ1) is 19.7. The third-order valence-electron chi connectivity index (χ3n) is 4.82. The highest BCUT2D eigenvalue weighted by Gasteiger charge is 2.24. The summed E-state index contributed by atoms with van der Waals surface area (Å²) in [5, 5.41) is 0.626. The maximum Gasteiger partial charge on any atom is 0.227 e. The van der Waals surface area contributed by atoms with Crippen LogP contribution in [0, 0.1) is 0 Å². The maximum atomic E-state index is 12.4. The van der Waals surface area contributed by atoms with Gasteiger partial charge in [-0.05, 0) is 24.7 Å². The van der Waals surface area contributed by atoms with Crippen molar-refractivity contribution in [2.75, 3.05) is 45.8 Å². The number of nitrogens with zero attached hydrogens (tertiary/aromatic N) is 3. The average molecular weight is 366 g/mol. The van der Waals surface area contributed by atoms with Gasteiger partial charge in [-0.2, -0.15) is 0 Å². The standard InChI is InChI=1S/C19H28ClN3O2/c1-3-21(4-2)10-9-18(24)22-11-13-23(14-12-22)19(25)15-16-7-5-6-8-17(16)20/h5-8H,3-4,9-15H2,1-2H3. The second-order valence-electron chi connectivity index (χ2n) is 6.31. The molecule has 1 heterocycles. The predicted molar refractivity (Wildman–Crippen MR) is 101 cm³/mol. The first-order valence-electron chi connectivity index (χ1n) is 9.06. The summed E-state index contributed by atoms with van der Waals surface area (Å²) in [5.74, 6) is 0.258. The van der Waals surface area contributed by atoms with Crippen LogP contribution in [0.2, 0.25) is 5.02 Å². The van der Waals surface area contributed by atoms with E-state index in [9.17, 15) is 9.59 Å². The molecule has 0 aromatic heterocycles. The normalized spacial score (nSPS) is 14.9. The molecule has 2 rings (SSSR count). The van der Waals surface area contributed by atoms with Crippen molar-refractivity contribution >= 4 is 23.4 Å². The van der Waals surface area contributed by atoms with E-state index in [1.165, 1.54) is 0 Å². The monoisotopic (exact) mass is 365 g/mol. The van der Waals surface area contributed by atoms with Crippen molar-refractivity contribution in [2.45, 2.75) is 26.7 Å². The lowest BCUT2D eigenvalue weighted by molar-refractivity contribution is -0.139. The van der Waals surface area contributed by atoms with Crippen molar-refractivity contribution in [2.24, 2.45) is 0 Å². The van der Waals surface area contributed by atoms with Crippen molar-refractivity contribution in [3.63, 3.8) is 0 Å². The number of amides is 2. The van der Waals surface area contributed by atoms with Crippen molar-refractivity contribution in [3.05, 3.63) is 34.9 Å². The number of hydrogen-bond donors (Lipinski definition) is 0. The van der Waals surface area contributed by atoms with Gasteiger partial charge >= 0.3 is 0 Å². The minimum Gasteiger partial charge on any atom is -0.339 e. The van der Waals surface area contributed by atoms with E-state index >= 15 is 0 Å². The summed E-state index contributed by atoms with van der Waals surface area (Å²) in [7, 11) is 0. The van der Waals surface area contributed by atoms with Crippen LogP contribution >= 0.6 is 11.6 Å². The Morgan fingerprint density at radius 2 is 1.56 bits per heavy atom. The highest BCUT2D eigenvalue weighted by Crippen LogP contribution is 2.17. The first-order chi connectivity index (χ1) is 12.0. The second kappa shape index (κ2) is 9.78. The predicted octanol–water partition coefficient (Wildman–Crippen LogP) is 2.29. The molecule has 0 N–H and O–H groups in total. The number of rotatable bonds is 7. The minimum atomic E-state index is 0.0725. The van der Waals surface area contributed by atoms with Gasteiger partial charge in [0.25, 0.3) is 0 Å². The van der Waals surface area contributed by atoms with Gasteiger partial charge in [-0.15, -0.1) is 0 Å². The number of benzene rings is 1. The summed E-state index contributed by atoms with van der Waals surface area (Å²) < 4.78 is 0. The molecule has 25 heavy (non-hydrogen) atoms. The lowest BCUT2D eigenvalue weighted by atomic mass is 10.1. The Kier molecular flexibility index (Phi) is 7.72. The first-order valence-corrected chi connectivity index (χ1v) is 9.44. The third-order valence-corrected chi connectivity index (χ3v) is 5.19. The molecule has 1 aromatic rings. The second-order valence-corrected chi connectivity index (χ2v) is 6.71. The fourth-order valence-corrected chi connectivity index (χ4v) is 3.28. The SMILES string of the molecule is CCN(CC)CCC(=O)N1CCN(C(=O)Cc2ccccc2Cl)CC1. The largest absolute Gasteiger partial charge is 0.339 e. The highest BCUT2D eigenvalue weighted by molar-refractivity contribution is 6.31. The van der Waals surface area contributed by atoms with Crippen LogP contribution in [0.15, 0.2) is 24.3 Å². The highest BCUT2D eigenvalue weighted by atomic mass is 35.5. The molecular weight excluding hydrogens is 338 g/mol. The average Bonchev–Trinajstić information content (AvgIpc) is 2.64. The summed E-state index contributed by atoms with van der Waals surface area (Å²) in [6.45, 7) is 9.38. The Morgan fingerprint density at radius 3 is 2.12 bits per heavy atom. The van der Waals surface area contributed by atoms with Gasteiger partial charge in [0.05, 0.1) is 6.42 Å². The Balaban J connectivity index is 1.78. The van der Waals surface area contributed by atoms with Crippen LogP contribution in [0.4, 0.5) is 0 Å². The van der Waals surface area contributed by atoms with Gasteiger partial charge in [0, 0.05) is 44.2 Å². The molecule has 1 aliphatic rings. The molecule has 0 bridgehead atoms. The Bertz CT molecular complexity index is 582. The molecule has 0 spiro atoms. The van der Waals surface area contributed by atoms with Gasteiger partial charge in [-0.25, -0.2) is 0 Å². The lowest BCUT2D eigenvalue weighted by Gasteiger charge is -2.35. The van der Waals surface area contributed by atoms with Gasteiger partial charge in [-0.1, -0.05) is 43.6 Å². The van der Waals surface area contributed by atoms with Crippen molar-refractivity contribution in [1.82, 2.24) is 14.7 Å². The number of carbonyl (C=O) groups is 2. The van der Waals surface area contributed by atoms with E-state index in [2.05, 4.69) is 18.7 Å². The van der Waals surface area contributed by atoms with Crippen molar-refractivity contribution in [1.29, 1.82) is 0 Å². The van der Waals surface area contributed by atoms with E-state index < -0.39 is 0 Å². The van der Waals surface area contributed by atoms with Gasteiger partial charge in [0.15, 0.2) is 0 Å². The molecule has 1 aromatic carbocycles. The van der Waals surface area contributed by atoms with Gasteiger partial charge < -0.3 is 14.7 Å². The molecular formula is C19H28ClN3O2. The number of carbonyl (C=O) groups excluding carboxylic acids is 2. The van der Waals surface area contributed by atoms with Gasteiger partial charge in [0.1, 0.15) is 0 Å². The topological polar surface area (TPSA) is 43.9 Å². The van der Waals surface area contributed by atoms with E-state index in [4.69, 9.17) is 11.6 Å². The van der Waals surface area contributed by atoms with Crippen LogP contribution in [0.5, 0.6) is 0 Å². The van der Waals surface area contributed by atoms with Crippen LogP contribution in [-0.2, 0) is 16.0 Å². The fraction of sp³-hybridized carbons (Fsp3) is 0.579. The van der Waals surface area contributed by atoms with E-state index in [1.807, 2.05) is 28.0 Å². The zero-order chi connectivity index (χ0) is 18.2. The summed E-state index contributed by atoms with van der Waals surface area (Å²) in [5.41, 5.74) is 0.854. The minimum absolute atomic E-state index is 0.0725. The molecule has 0 atom stereocenters. The number of halogens is 1. The molecule has 1 aliphatic heterocycles. The summed E-state index contributed by atoms with van der Waals surface area (Å²) in [6.07, 6.45) is 0.866. The van der Waals surface area contributed by atoms with Crippen molar-refractivity contribution < 1.29 is 9.59 Å². The molecule has 0 radical (unpaired) electrons. The third kappa shape index (κ3) is 5.72. The Labute approximate surface area is 155 Å². The molecule has 138 valence electrons. The van der Waals surface area contributed by atoms with Crippen LogP contribution in [0.3, 0.4) is 0 Å². The van der Waals surface area contributed by atoms with Crippen LogP contribution in [0.1, 0.15) is 25.8 Å². The molecule has 0 aliphatic carbocycles. The van der Waals surface area contributed by atoms with Gasteiger partial charge in [-0.3, -0.25) is 9.59 Å². The van der Waals surface area contributed by atoms with Crippen LogP contribution in [0.25, 0.3) is 0 Å². The van der Waals surface area contributed by atoms with Crippen LogP contribution in [-0.4, -0.2) is 72.3 Å². The van der Waals surface area contributed by atoms with Crippen molar-refractivity contribution in [3.8, 4) is 0 Å². The molecule has 1 saturated heterocycles. The van der Waals surface area contributed by atoms with E-state index in [0.717, 1.165) is 25.2 Å². The van der Waals surface area contributed by atoms with Gasteiger partial charge in [0.2, 0.25) is 11.8 Å². The zero-order valence-corrected chi connectivity index (χ0v) is 16.0. The van der Waals surface area contributed by atoms with E-state index in [-0.39, 0.29) is 11.8 Å². The molecule has 5 nitrogen and oxygen atoms in total. The summed E-state index contributed by atoms with van der Waals surface area (Å²) >= 11 is 6.13. The lowest BCUT2D eigenvalue weighted by Crippen LogP contribution is -2.51.